The minimum atomic E-state index is -3.22. The van der Waals surface area contributed by atoms with Gasteiger partial charge in [0.05, 0.1) is 4.90 Å². The molecule has 0 spiro atoms. The van der Waals surface area contributed by atoms with Gasteiger partial charge in [0.15, 0.2) is 15.7 Å². The zero-order valence-corrected chi connectivity index (χ0v) is 17.5. The fourth-order valence-corrected chi connectivity index (χ4v) is 4.37. The van der Waals surface area contributed by atoms with Crippen molar-refractivity contribution in [3.63, 3.8) is 0 Å². The fourth-order valence-electron chi connectivity index (χ4n) is 3.70. The maximum Gasteiger partial charge on any atom is 0.175 e. The maximum atomic E-state index is 11.8. The monoisotopic (exact) mass is 418 g/mol. The lowest BCUT2D eigenvalue weighted by molar-refractivity contribution is 0.602. The van der Waals surface area contributed by atoms with Gasteiger partial charge in [0, 0.05) is 36.3 Å². The molecule has 3 aromatic rings. The molecular weight excluding hydrogens is 396 g/mol. The predicted octanol–water partition coefficient (Wildman–Crippen LogP) is 4.10. The average Bonchev–Trinajstić information content (AvgIpc) is 3.49. The molecule has 1 aromatic heterocycles. The Kier molecular flexibility index (Phi) is 4.55. The van der Waals surface area contributed by atoms with Crippen LogP contribution in [-0.2, 0) is 9.84 Å². The number of aromatic nitrogens is 3. The van der Waals surface area contributed by atoms with E-state index in [1.54, 1.807) is 18.2 Å². The number of rotatable bonds is 5. The van der Waals surface area contributed by atoms with E-state index in [9.17, 15) is 8.42 Å². The molecule has 2 aliphatic rings. The third-order valence-corrected chi connectivity index (χ3v) is 6.60. The van der Waals surface area contributed by atoms with Crippen LogP contribution in [0.2, 0.25) is 0 Å². The first-order chi connectivity index (χ1) is 14.5. The first kappa shape index (κ1) is 18.8. The highest BCUT2D eigenvalue weighted by Crippen LogP contribution is 2.38. The van der Waals surface area contributed by atoms with Crippen LogP contribution in [0.1, 0.15) is 24.4 Å². The normalized spacial score (nSPS) is 16.6. The van der Waals surface area contributed by atoms with Crippen molar-refractivity contribution < 1.29 is 8.42 Å². The Hall–Kier alpha value is -3.19. The van der Waals surface area contributed by atoms with E-state index in [4.69, 9.17) is 0 Å². The fraction of sp³-hybridized carbons (Fsp3) is 0.217. The SMILES string of the molecule is CS(=O)(=O)c1cccc(C2=CCN(c3cccc(-c4nncn4C4CC4)c3)C=C2)c1. The number of sulfone groups is 1. The summed E-state index contributed by atoms with van der Waals surface area (Å²) >= 11 is 0. The Morgan fingerprint density at radius 2 is 1.83 bits per heavy atom. The molecule has 0 N–H and O–H groups in total. The van der Waals surface area contributed by atoms with E-state index in [0.717, 1.165) is 28.2 Å². The molecule has 1 fully saturated rings. The van der Waals surface area contributed by atoms with Crippen LogP contribution in [0.3, 0.4) is 0 Å². The maximum absolute atomic E-state index is 11.8. The number of nitrogens with zero attached hydrogens (tertiary/aromatic N) is 4. The van der Waals surface area contributed by atoms with Gasteiger partial charge in [-0.15, -0.1) is 10.2 Å². The molecule has 0 saturated heterocycles. The lowest BCUT2D eigenvalue weighted by atomic mass is 10.0. The highest BCUT2D eigenvalue weighted by molar-refractivity contribution is 7.90. The van der Waals surface area contributed by atoms with Crippen molar-refractivity contribution in [2.24, 2.45) is 0 Å². The lowest BCUT2D eigenvalue weighted by Crippen LogP contribution is -2.18. The summed E-state index contributed by atoms with van der Waals surface area (Å²) in [5.74, 6) is 0.911. The molecule has 2 aromatic carbocycles. The van der Waals surface area contributed by atoms with E-state index >= 15 is 0 Å². The van der Waals surface area contributed by atoms with Crippen LogP contribution in [0.15, 0.2) is 78.1 Å². The Labute approximate surface area is 176 Å². The third-order valence-electron chi connectivity index (χ3n) is 5.49. The van der Waals surface area contributed by atoms with Crippen molar-refractivity contribution in [2.75, 3.05) is 17.7 Å². The third kappa shape index (κ3) is 3.68. The number of benzene rings is 2. The smallest absolute Gasteiger partial charge is 0.175 e. The molecule has 30 heavy (non-hydrogen) atoms. The van der Waals surface area contributed by atoms with Gasteiger partial charge in [0.25, 0.3) is 0 Å². The van der Waals surface area contributed by atoms with Crippen molar-refractivity contribution >= 4 is 21.1 Å². The summed E-state index contributed by atoms with van der Waals surface area (Å²) in [6.07, 6.45) is 11.6. The summed E-state index contributed by atoms with van der Waals surface area (Å²) in [6.45, 7) is 0.702. The van der Waals surface area contributed by atoms with Crippen LogP contribution in [0.5, 0.6) is 0 Å². The molecule has 1 aliphatic heterocycles. The van der Waals surface area contributed by atoms with Gasteiger partial charge in [0.1, 0.15) is 6.33 Å². The van der Waals surface area contributed by atoms with Crippen LogP contribution in [0, 0.1) is 0 Å². The standard InChI is InChI=1S/C23H22N4O2S/c1-30(28,29)22-7-3-4-18(15-22)17-10-12-26(13-11-17)21-6-2-5-19(14-21)23-25-24-16-27(23)20-8-9-20/h2-7,10-12,14-16,20H,8-9,13H2,1H3. The molecular formula is C23H22N4O2S. The van der Waals surface area contributed by atoms with Gasteiger partial charge in [-0.3, -0.25) is 0 Å². The first-order valence-corrected chi connectivity index (χ1v) is 11.8. The first-order valence-electron chi connectivity index (χ1n) is 9.94. The Morgan fingerprint density at radius 1 is 1.03 bits per heavy atom. The van der Waals surface area contributed by atoms with E-state index in [1.807, 2.05) is 30.7 Å². The molecule has 0 radical (unpaired) electrons. The second-order valence-corrected chi connectivity index (χ2v) is 9.79. The van der Waals surface area contributed by atoms with Gasteiger partial charge in [-0.2, -0.15) is 0 Å². The van der Waals surface area contributed by atoms with E-state index in [0.29, 0.717) is 17.5 Å². The van der Waals surface area contributed by atoms with Crippen molar-refractivity contribution in [1.29, 1.82) is 0 Å². The van der Waals surface area contributed by atoms with Crippen molar-refractivity contribution in [3.8, 4) is 11.4 Å². The van der Waals surface area contributed by atoms with Gasteiger partial charge in [-0.05, 0) is 54.3 Å². The van der Waals surface area contributed by atoms with E-state index < -0.39 is 9.84 Å². The summed E-state index contributed by atoms with van der Waals surface area (Å²) in [5, 5.41) is 8.43. The summed E-state index contributed by atoms with van der Waals surface area (Å²) in [7, 11) is -3.22. The minimum Gasteiger partial charge on any atom is -0.344 e. The molecule has 0 atom stereocenters. The Balaban J connectivity index is 1.38. The molecule has 1 aliphatic carbocycles. The Morgan fingerprint density at radius 3 is 2.57 bits per heavy atom. The molecule has 1 saturated carbocycles. The molecule has 0 unspecified atom stereocenters. The second kappa shape index (κ2) is 7.25. The largest absolute Gasteiger partial charge is 0.344 e. The van der Waals surface area contributed by atoms with Gasteiger partial charge in [-0.1, -0.05) is 30.3 Å². The molecule has 0 bridgehead atoms. The summed E-state index contributed by atoms with van der Waals surface area (Å²) in [5.41, 5.74) is 4.05. The molecule has 5 rings (SSSR count). The van der Waals surface area contributed by atoms with Crippen LogP contribution in [0.4, 0.5) is 5.69 Å². The highest BCUT2D eigenvalue weighted by Gasteiger charge is 2.26. The quantitative estimate of drug-likeness (QED) is 0.624. The summed E-state index contributed by atoms with van der Waals surface area (Å²) < 4.78 is 25.9. The zero-order valence-electron chi connectivity index (χ0n) is 16.6. The summed E-state index contributed by atoms with van der Waals surface area (Å²) in [6, 6.07) is 15.9. The van der Waals surface area contributed by atoms with Crippen molar-refractivity contribution in [1.82, 2.24) is 14.8 Å². The minimum absolute atomic E-state index is 0.337. The van der Waals surface area contributed by atoms with Crippen LogP contribution in [0.25, 0.3) is 17.0 Å². The van der Waals surface area contributed by atoms with Gasteiger partial charge < -0.3 is 9.47 Å². The predicted molar refractivity (Wildman–Crippen MR) is 118 cm³/mol. The molecule has 6 nitrogen and oxygen atoms in total. The van der Waals surface area contributed by atoms with Crippen LogP contribution in [-0.4, -0.2) is 36.0 Å². The van der Waals surface area contributed by atoms with Crippen LogP contribution >= 0.6 is 0 Å². The van der Waals surface area contributed by atoms with Gasteiger partial charge >= 0.3 is 0 Å². The topological polar surface area (TPSA) is 68.1 Å². The van der Waals surface area contributed by atoms with Gasteiger partial charge in [-0.25, -0.2) is 8.42 Å². The van der Waals surface area contributed by atoms with E-state index in [2.05, 4.69) is 43.9 Å². The van der Waals surface area contributed by atoms with Crippen molar-refractivity contribution in [2.45, 2.75) is 23.8 Å². The van der Waals surface area contributed by atoms with E-state index in [1.165, 1.54) is 19.1 Å². The number of allylic oxidation sites excluding steroid dienone is 2. The molecule has 0 amide bonds. The summed E-state index contributed by atoms with van der Waals surface area (Å²) in [4.78, 5) is 2.50. The highest BCUT2D eigenvalue weighted by atomic mass is 32.2. The number of anilines is 1. The molecule has 152 valence electrons. The molecule has 7 heteroatoms. The second-order valence-electron chi connectivity index (χ2n) is 7.77. The Bertz CT molecular complexity index is 1270. The van der Waals surface area contributed by atoms with Crippen LogP contribution < -0.4 is 4.90 Å². The molecule has 2 heterocycles. The van der Waals surface area contributed by atoms with E-state index in [-0.39, 0.29) is 0 Å². The van der Waals surface area contributed by atoms with Crippen molar-refractivity contribution in [3.05, 3.63) is 78.8 Å². The number of hydrogen-bond donors (Lipinski definition) is 0. The number of hydrogen-bond acceptors (Lipinski definition) is 5. The zero-order chi connectivity index (χ0) is 20.7. The van der Waals surface area contributed by atoms with Gasteiger partial charge in [0.2, 0.25) is 0 Å². The lowest BCUT2D eigenvalue weighted by Gasteiger charge is -2.23. The average molecular weight is 419 g/mol.